The summed E-state index contributed by atoms with van der Waals surface area (Å²) in [5.74, 6) is -0.901. The second kappa shape index (κ2) is 3.57. The molecule has 76 valence electrons. The number of aromatic hydroxyl groups is 1. The summed E-state index contributed by atoms with van der Waals surface area (Å²) in [7, 11) is 0. The first-order chi connectivity index (χ1) is 7.16. The van der Waals surface area contributed by atoms with Crippen LogP contribution in [0.15, 0.2) is 30.5 Å². The highest BCUT2D eigenvalue weighted by atomic mass is 16.4. The summed E-state index contributed by atoms with van der Waals surface area (Å²) in [4.78, 5) is 14.5. The molecule has 0 bridgehead atoms. The highest BCUT2D eigenvalue weighted by Crippen LogP contribution is 2.24. The van der Waals surface area contributed by atoms with Crippen molar-refractivity contribution in [3.8, 4) is 5.75 Å². The van der Waals surface area contributed by atoms with Crippen molar-refractivity contribution in [2.75, 3.05) is 0 Å². The molecule has 0 aliphatic heterocycles. The average molecular weight is 203 g/mol. The maximum absolute atomic E-state index is 10.5. The van der Waals surface area contributed by atoms with Crippen LogP contribution < -0.4 is 0 Å². The minimum absolute atomic E-state index is 0.0179. The van der Waals surface area contributed by atoms with Gasteiger partial charge in [-0.05, 0) is 23.8 Å². The molecule has 0 atom stereocenters. The standard InChI is InChI=1S/C11H9NO3/c13-9-5-7(6-10(14)15)4-8-2-1-3-12-11(8)9/h1-5,13H,6H2,(H,14,15). The van der Waals surface area contributed by atoms with E-state index in [0.29, 0.717) is 11.1 Å². The van der Waals surface area contributed by atoms with Gasteiger partial charge in [0.1, 0.15) is 11.3 Å². The van der Waals surface area contributed by atoms with E-state index < -0.39 is 5.97 Å². The summed E-state index contributed by atoms with van der Waals surface area (Å²) in [5.41, 5.74) is 1.06. The van der Waals surface area contributed by atoms with Crippen molar-refractivity contribution in [2.24, 2.45) is 0 Å². The maximum atomic E-state index is 10.5. The summed E-state index contributed by atoms with van der Waals surface area (Å²) in [6.45, 7) is 0. The van der Waals surface area contributed by atoms with Crippen LogP contribution in [0.5, 0.6) is 5.75 Å². The molecule has 0 aliphatic rings. The lowest BCUT2D eigenvalue weighted by Gasteiger charge is -2.03. The summed E-state index contributed by atoms with van der Waals surface area (Å²) >= 11 is 0. The van der Waals surface area contributed by atoms with Gasteiger partial charge in [-0.3, -0.25) is 9.78 Å². The van der Waals surface area contributed by atoms with Crippen LogP contribution in [-0.2, 0) is 11.2 Å². The first-order valence-corrected chi connectivity index (χ1v) is 4.45. The molecule has 2 rings (SSSR count). The van der Waals surface area contributed by atoms with Gasteiger partial charge in [0.15, 0.2) is 0 Å². The van der Waals surface area contributed by atoms with Gasteiger partial charge in [0.25, 0.3) is 0 Å². The number of phenolic OH excluding ortho intramolecular Hbond substituents is 1. The lowest BCUT2D eigenvalue weighted by atomic mass is 10.1. The fourth-order valence-electron chi connectivity index (χ4n) is 1.51. The smallest absolute Gasteiger partial charge is 0.307 e. The van der Waals surface area contributed by atoms with E-state index in [1.165, 1.54) is 6.07 Å². The molecule has 2 aromatic rings. The highest BCUT2D eigenvalue weighted by Gasteiger charge is 2.06. The van der Waals surface area contributed by atoms with Crippen molar-refractivity contribution < 1.29 is 15.0 Å². The topological polar surface area (TPSA) is 70.4 Å². The first-order valence-electron chi connectivity index (χ1n) is 4.45. The number of pyridine rings is 1. The largest absolute Gasteiger partial charge is 0.506 e. The Morgan fingerprint density at radius 1 is 1.40 bits per heavy atom. The average Bonchev–Trinajstić information content (AvgIpc) is 2.16. The van der Waals surface area contributed by atoms with Crippen LogP contribution in [0.4, 0.5) is 0 Å². The fraction of sp³-hybridized carbons (Fsp3) is 0.0909. The first kappa shape index (κ1) is 9.45. The molecule has 1 aromatic carbocycles. The Bertz CT molecular complexity index is 522. The number of benzene rings is 1. The number of aromatic nitrogens is 1. The summed E-state index contributed by atoms with van der Waals surface area (Å²) in [5, 5.41) is 19.0. The molecule has 1 aromatic heterocycles. The summed E-state index contributed by atoms with van der Waals surface area (Å²) < 4.78 is 0. The molecule has 0 spiro atoms. The van der Waals surface area contributed by atoms with Crippen molar-refractivity contribution in [1.29, 1.82) is 0 Å². The van der Waals surface area contributed by atoms with E-state index in [2.05, 4.69) is 4.98 Å². The van der Waals surface area contributed by atoms with Crippen molar-refractivity contribution in [1.82, 2.24) is 4.98 Å². The molecule has 4 heteroatoms. The van der Waals surface area contributed by atoms with Gasteiger partial charge in [-0.2, -0.15) is 0 Å². The number of fused-ring (bicyclic) bond motifs is 1. The minimum atomic E-state index is -0.919. The summed E-state index contributed by atoms with van der Waals surface area (Å²) in [6.07, 6.45) is 1.48. The Morgan fingerprint density at radius 3 is 2.93 bits per heavy atom. The van der Waals surface area contributed by atoms with Crippen LogP contribution in [0.3, 0.4) is 0 Å². The van der Waals surface area contributed by atoms with Gasteiger partial charge >= 0.3 is 5.97 Å². The van der Waals surface area contributed by atoms with Gasteiger partial charge in [-0.15, -0.1) is 0 Å². The molecule has 0 aliphatic carbocycles. The van der Waals surface area contributed by atoms with Gasteiger partial charge in [-0.1, -0.05) is 6.07 Å². The van der Waals surface area contributed by atoms with Crippen LogP contribution in [0.2, 0.25) is 0 Å². The molecule has 4 nitrogen and oxygen atoms in total. The van der Waals surface area contributed by atoms with E-state index in [9.17, 15) is 9.90 Å². The second-order valence-corrected chi connectivity index (χ2v) is 3.26. The number of carboxylic acids is 1. The Labute approximate surface area is 85.8 Å². The van der Waals surface area contributed by atoms with Gasteiger partial charge in [0, 0.05) is 11.6 Å². The number of hydrogen-bond donors (Lipinski definition) is 2. The zero-order chi connectivity index (χ0) is 10.8. The van der Waals surface area contributed by atoms with Crippen molar-refractivity contribution in [2.45, 2.75) is 6.42 Å². The Kier molecular flexibility index (Phi) is 2.25. The monoisotopic (exact) mass is 203 g/mol. The Hall–Kier alpha value is -2.10. The van der Waals surface area contributed by atoms with Gasteiger partial charge in [-0.25, -0.2) is 0 Å². The number of nitrogens with zero attached hydrogens (tertiary/aromatic N) is 1. The highest BCUT2D eigenvalue weighted by molar-refractivity contribution is 5.86. The third-order valence-corrected chi connectivity index (χ3v) is 2.10. The SMILES string of the molecule is O=C(O)Cc1cc(O)c2ncccc2c1. The molecular weight excluding hydrogens is 194 g/mol. The van der Waals surface area contributed by atoms with E-state index in [-0.39, 0.29) is 12.2 Å². The number of phenols is 1. The van der Waals surface area contributed by atoms with Gasteiger partial charge in [0.2, 0.25) is 0 Å². The molecule has 0 saturated carbocycles. The zero-order valence-corrected chi connectivity index (χ0v) is 7.84. The molecule has 0 fully saturated rings. The third kappa shape index (κ3) is 1.88. The molecule has 1 heterocycles. The third-order valence-electron chi connectivity index (χ3n) is 2.10. The van der Waals surface area contributed by atoms with E-state index in [0.717, 1.165) is 5.39 Å². The van der Waals surface area contributed by atoms with E-state index >= 15 is 0 Å². The van der Waals surface area contributed by atoms with E-state index in [4.69, 9.17) is 5.11 Å². The van der Waals surface area contributed by atoms with E-state index in [1.807, 2.05) is 0 Å². The number of hydrogen-bond acceptors (Lipinski definition) is 3. The van der Waals surface area contributed by atoms with Crippen molar-refractivity contribution in [3.05, 3.63) is 36.0 Å². The predicted octanol–water partition coefficient (Wildman–Crippen LogP) is 1.57. The minimum Gasteiger partial charge on any atom is -0.506 e. The normalized spacial score (nSPS) is 10.4. The fourth-order valence-corrected chi connectivity index (χ4v) is 1.51. The van der Waals surface area contributed by atoms with E-state index in [1.54, 1.807) is 24.4 Å². The number of rotatable bonds is 2. The number of carbonyl (C=O) groups is 1. The lowest BCUT2D eigenvalue weighted by Crippen LogP contribution is -1.99. The quantitative estimate of drug-likeness (QED) is 0.777. The molecular formula is C11H9NO3. The molecule has 0 unspecified atom stereocenters. The van der Waals surface area contributed by atoms with Crippen LogP contribution in [0.25, 0.3) is 10.9 Å². The van der Waals surface area contributed by atoms with Crippen LogP contribution in [0, 0.1) is 0 Å². The van der Waals surface area contributed by atoms with Crippen LogP contribution >= 0.6 is 0 Å². The molecule has 15 heavy (non-hydrogen) atoms. The number of carboxylic acid groups (broad SMARTS) is 1. The molecule has 2 N–H and O–H groups in total. The molecule has 0 radical (unpaired) electrons. The molecule has 0 saturated heterocycles. The predicted molar refractivity (Wildman–Crippen MR) is 54.7 cm³/mol. The van der Waals surface area contributed by atoms with Crippen LogP contribution in [0.1, 0.15) is 5.56 Å². The van der Waals surface area contributed by atoms with Crippen molar-refractivity contribution in [3.63, 3.8) is 0 Å². The number of aliphatic carboxylic acids is 1. The Balaban J connectivity index is 2.57. The summed E-state index contributed by atoms with van der Waals surface area (Å²) in [6, 6.07) is 6.68. The molecule has 0 amide bonds. The van der Waals surface area contributed by atoms with Crippen LogP contribution in [-0.4, -0.2) is 21.2 Å². The van der Waals surface area contributed by atoms with Gasteiger partial charge in [0.05, 0.1) is 6.42 Å². The zero-order valence-electron chi connectivity index (χ0n) is 7.84. The maximum Gasteiger partial charge on any atom is 0.307 e. The lowest BCUT2D eigenvalue weighted by molar-refractivity contribution is -0.136. The second-order valence-electron chi connectivity index (χ2n) is 3.26. The Morgan fingerprint density at radius 2 is 2.20 bits per heavy atom. The van der Waals surface area contributed by atoms with Crippen molar-refractivity contribution >= 4 is 16.9 Å². The van der Waals surface area contributed by atoms with Gasteiger partial charge < -0.3 is 10.2 Å².